The van der Waals surface area contributed by atoms with Crippen LogP contribution in [-0.4, -0.2) is 23.3 Å². The van der Waals surface area contributed by atoms with E-state index in [2.05, 4.69) is 13.5 Å². The molecule has 0 bridgehead atoms. The number of carbonyl (C=O) groups is 1. The third-order valence-electron chi connectivity index (χ3n) is 3.91. The topological polar surface area (TPSA) is 46.5 Å². The second-order valence-corrected chi connectivity index (χ2v) is 5.86. The van der Waals surface area contributed by atoms with E-state index < -0.39 is 0 Å². The first-order valence-electron chi connectivity index (χ1n) is 7.57. The molecule has 1 fully saturated rings. The zero-order valence-electron chi connectivity index (χ0n) is 12.4. The Morgan fingerprint density at radius 2 is 2.00 bits per heavy atom. The van der Waals surface area contributed by atoms with E-state index in [4.69, 9.17) is 4.74 Å². The SMILES string of the molecule is C=C(C)C(=O)OC(CCCC)CC1CCC(O)CC1. The van der Waals surface area contributed by atoms with Crippen molar-refractivity contribution in [1.82, 2.24) is 0 Å². The van der Waals surface area contributed by atoms with Crippen LogP contribution in [0.15, 0.2) is 12.2 Å². The molecular formula is C16H28O3. The van der Waals surface area contributed by atoms with Crippen molar-refractivity contribution in [3.8, 4) is 0 Å². The van der Waals surface area contributed by atoms with Gasteiger partial charge in [-0.05, 0) is 51.4 Å². The largest absolute Gasteiger partial charge is 0.459 e. The van der Waals surface area contributed by atoms with Crippen molar-refractivity contribution < 1.29 is 14.6 Å². The number of carbonyl (C=O) groups excluding carboxylic acids is 1. The van der Waals surface area contributed by atoms with Crippen molar-refractivity contribution in [2.75, 3.05) is 0 Å². The standard InChI is InChI=1S/C16H28O3/c1-4-5-6-15(19-16(18)12(2)3)11-13-7-9-14(17)10-8-13/h13-15,17H,2,4-11H2,1,3H3. The molecule has 1 rings (SSSR count). The Kier molecular flexibility index (Phi) is 7.14. The Labute approximate surface area is 117 Å². The van der Waals surface area contributed by atoms with Gasteiger partial charge < -0.3 is 9.84 Å². The summed E-state index contributed by atoms with van der Waals surface area (Å²) in [5.74, 6) is 0.320. The average molecular weight is 268 g/mol. The van der Waals surface area contributed by atoms with Gasteiger partial charge in [-0.2, -0.15) is 0 Å². The van der Waals surface area contributed by atoms with Crippen LogP contribution in [0.4, 0.5) is 0 Å². The lowest BCUT2D eigenvalue weighted by atomic mass is 9.83. The summed E-state index contributed by atoms with van der Waals surface area (Å²) in [6, 6.07) is 0. The molecule has 0 aliphatic heterocycles. The minimum atomic E-state index is -0.267. The molecule has 3 nitrogen and oxygen atoms in total. The Hall–Kier alpha value is -0.830. The number of ether oxygens (including phenoxy) is 1. The monoisotopic (exact) mass is 268 g/mol. The number of rotatable bonds is 7. The van der Waals surface area contributed by atoms with Gasteiger partial charge in [-0.25, -0.2) is 4.79 Å². The highest BCUT2D eigenvalue weighted by Gasteiger charge is 2.24. The molecule has 3 heteroatoms. The van der Waals surface area contributed by atoms with E-state index >= 15 is 0 Å². The van der Waals surface area contributed by atoms with Crippen molar-refractivity contribution in [3.63, 3.8) is 0 Å². The summed E-state index contributed by atoms with van der Waals surface area (Å²) in [5, 5.41) is 9.52. The van der Waals surface area contributed by atoms with Gasteiger partial charge in [-0.3, -0.25) is 0 Å². The van der Waals surface area contributed by atoms with E-state index in [1.165, 1.54) is 0 Å². The molecule has 1 aliphatic rings. The summed E-state index contributed by atoms with van der Waals surface area (Å²) in [5.41, 5.74) is 0.473. The van der Waals surface area contributed by atoms with Crippen LogP contribution in [0.2, 0.25) is 0 Å². The second kappa shape index (κ2) is 8.36. The molecule has 110 valence electrons. The highest BCUT2D eigenvalue weighted by Crippen LogP contribution is 2.29. The van der Waals surface area contributed by atoms with Crippen LogP contribution in [-0.2, 0) is 9.53 Å². The summed E-state index contributed by atoms with van der Waals surface area (Å²) < 4.78 is 5.54. The van der Waals surface area contributed by atoms with Gasteiger partial charge in [0.25, 0.3) is 0 Å². The quantitative estimate of drug-likeness (QED) is 0.567. The molecule has 1 saturated carbocycles. The zero-order valence-corrected chi connectivity index (χ0v) is 12.4. The highest BCUT2D eigenvalue weighted by atomic mass is 16.5. The molecule has 1 N–H and O–H groups in total. The molecule has 1 unspecified atom stereocenters. The maximum atomic E-state index is 11.6. The van der Waals surface area contributed by atoms with Gasteiger partial charge in [0.05, 0.1) is 6.10 Å². The molecule has 0 heterocycles. The molecule has 0 saturated heterocycles. The van der Waals surface area contributed by atoms with Gasteiger partial charge in [0.15, 0.2) is 0 Å². The number of hydrogen-bond donors (Lipinski definition) is 1. The van der Waals surface area contributed by atoms with E-state index in [0.717, 1.165) is 51.4 Å². The first-order valence-corrected chi connectivity index (χ1v) is 7.57. The third-order valence-corrected chi connectivity index (χ3v) is 3.91. The maximum Gasteiger partial charge on any atom is 0.333 e. The second-order valence-electron chi connectivity index (χ2n) is 5.86. The Morgan fingerprint density at radius 3 is 2.53 bits per heavy atom. The summed E-state index contributed by atoms with van der Waals surface area (Å²) in [4.78, 5) is 11.6. The van der Waals surface area contributed by atoms with Crippen LogP contribution in [0.3, 0.4) is 0 Å². The van der Waals surface area contributed by atoms with E-state index in [-0.39, 0.29) is 18.2 Å². The molecular weight excluding hydrogens is 240 g/mol. The Balaban J connectivity index is 2.44. The predicted octanol–water partition coefficient (Wildman–Crippen LogP) is 3.61. The fraction of sp³-hybridized carbons (Fsp3) is 0.812. The molecule has 0 aromatic carbocycles. The number of hydrogen-bond acceptors (Lipinski definition) is 3. The maximum absolute atomic E-state index is 11.6. The minimum Gasteiger partial charge on any atom is -0.459 e. The van der Waals surface area contributed by atoms with Crippen LogP contribution in [0, 0.1) is 5.92 Å². The summed E-state index contributed by atoms with van der Waals surface area (Å²) >= 11 is 0. The third kappa shape index (κ3) is 6.24. The van der Waals surface area contributed by atoms with Crippen LogP contribution in [0.5, 0.6) is 0 Å². The van der Waals surface area contributed by atoms with Gasteiger partial charge in [0.2, 0.25) is 0 Å². The van der Waals surface area contributed by atoms with Crippen molar-refractivity contribution in [1.29, 1.82) is 0 Å². The lowest BCUT2D eigenvalue weighted by molar-refractivity contribution is -0.145. The van der Waals surface area contributed by atoms with Gasteiger partial charge in [-0.1, -0.05) is 26.3 Å². The first kappa shape index (κ1) is 16.2. The summed E-state index contributed by atoms with van der Waals surface area (Å²) in [6.07, 6.45) is 7.85. The predicted molar refractivity (Wildman–Crippen MR) is 76.8 cm³/mol. The van der Waals surface area contributed by atoms with Gasteiger partial charge in [0, 0.05) is 5.57 Å². The summed E-state index contributed by atoms with van der Waals surface area (Å²) in [7, 11) is 0. The zero-order chi connectivity index (χ0) is 14.3. The molecule has 0 radical (unpaired) electrons. The average Bonchev–Trinajstić information content (AvgIpc) is 2.38. The molecule has 19 heavy (non-hydrogen) atoms. The van der Waals surface area contributed by atoms with Crippen molar-refractivity contribution in [2.45, 2.75) is 77.4 Å². The number of aliphatic hydroxyl groups is 1. The number of esters is 1. The lowest BCUT2D eigenvalue weighted by Gasteiger charge is -2.28. The van der Waals surface area contributed by atoms with Crippen molar-refractivity contribution in [2.24, 2.45) is 5.92 Å². The lowest BCUT2D eigenvalue weighted by Crippen LogP contribution is -2.25. The first-order chi connectivity index (χ1) is 9.02. The van der Waals surface area contributed by atoms with Crippen molar-refractivity contribution in [3.05, 3.63) is 12.2 Å². The van der Waals surface area contributed by atoms with Gasteiger partial charge in [0.1, 0.15) is 6.10 Å². The van der Waals surface area contributed by atoms with Crippen LogP contribution in [0.1, 0.15) is 65.2 Å². The Bertz CT molecular complexity index is 290. The summed E-state index contributed by atoms with van der Waals surface area (Å²) in [6.45, 7) is 7.48. The highest BCUT2D eigenvalue weighted by molar-refractivity contribution is 5.87. The Morgan fingerprint density at radius 1 is 1.37 bits per heavy atom. The smallest absolute Gasteiger partial charge is 0.333 e. The van der Waals surface area contributed by atoms with E-state index in [9.17, 15) is 9.90 Å². The van der Waals surface area contributed by atoms with Crippen LogP contribution < -0.4 is 0 Å². The van der Waals surface area contributed by atoms with Crippen LogP contribution >= 0.6 is 0 Å². The van der Waals surface area contributed by atoms with Gasteiger partial charge in [-0.15, -0.1) is 0 Å². The molecule has 0 spiro atoms. The van der Waals surface area contributed by atoms with E-state index in [1.54, 1.807) is 6.92 Å². The molecule has 0 amide bonds. The number of unbranched alkanes of at least 4 members (excludes halogenated alkanes) is 1. The molecule has 0 aromatic rings. The van der Waals surface area contributed by atoms with Crippen LogP contribution in [0.25, 0.3) is 0 Å². The normalized spacial score (nSPS) is 24.8. The minimum absolute atomic E-state index is 0.0180. The molecule has 0 aromatic heterocycles. The van der Waals surface area contributed by atoms with Gasteiger partial charge >= 0.3 is 5.97 Å². The van der Waals surface area contributed by atoms with E-state index in [1.807, 2.05) is 0 Å². The fourth-order valence-electron chi connectivity index (χ4n) is 2.66. The van der Waals surface area contributed by atoms with Crippen molar-refractivity contribution >= 4 is 5.97 Å². The molecule has 1 aliphatic carbocycles. The molecule has 1 atom stereocenters. The fourth-order valence-corrected chi connectivity index (χ4v) is 2.66. The van der Waals surface area contributed by atoms with E-state index in [0.29, 0.717) is 11.5 Å². The number of aliphatic hydroxyl groups excluding tert-OH is 1.